The monoisotopic (exact) mass is 169 g/mol. The molecule has 1 N–H and O–H groups in total. The Labute approximate surface area is 72.7 Å². The number of nitrogens with one attached hydrogen (secondary N) is 1. The van der Waals surface area contributed by atoms with Crippen LogP contribution in [0.2, 0.25) is 0 Å². The summed E-state index contributed by atoms with van der Waals surface area (Å²) in [6.45, 7) is 3.63. The molecule has 3 heteroatoms. The minimum Gasteiger partial charge on any atom is -0.468 e. The molecule has 1 aromatic heterocycles. The highest BCUT2D eigenvalue weighted by Gasteiger charge is 1.98. The molecule has 1 heterocycles. The maximum absolute atomic E-state index is 5.15. The highest BCUT2D eigenvalue weighted by Crippen LogP contribution is 1.98. The van der Waals surface area contributed by atoms with Crippen molar-refractivity contribution in [1.29, 1.82) is 0 Å². The molecule has 0 saturated heterocycles. The van der Waals surface area contributed by atoms with Crippen molar-refractivity contribution in [2.24, 2.45) is 0 Å². The summed E-state index contributed by atoms with van der Waals surface area (Å²) >= 11 is 0. The third-order valence-electron chi connectivity index (χ3n) is 1.71. The number of hydrogen-bond acceptors (Lipinski definition) is 3. The molecular formula is C9H15NO2. The van der Waals surface area contributed by atoms with Gasteiger partial charge in [0.05, 0.1) is 18.9 Å². The van der Waals surface area contributed by atoms with Crippen LogP contribution < -0.4 is 5.32 Å². The van der Waals surface area contributed by atoms with E-state index in [9.17, 15) is 0 Å². The first-order chi connectivity index (χ1) is 5.83. The molecule has 0 aliphatic carbocycles. The summed E-state index contributed by atoms with van der Waals surface area (Å²) in [7, 11) is 1.71. The molecule has 0 saturated carbocycles. The van der Waals surface area contributed by atoms with Gasteiger partial charge in [-0.3, -0.25) is 0 Å². The van der Waals surface area contributed by atoms with Crippen LogP contribution in [0.4, 0.5) is 0 Å². The number of furan rings is 1. The molecule has 0 bridgehead atoms. The molecule has 0 aromatic carbocycles. The standard InChI is InChI=1S/C9H15NO2/c1-8(11-2)6-10-7-9-4-3-5-12-9/h3-5,8,10H,6-7H2,1-2H3. The molecule has 0 spiro atoms. The van der Waals surface area contributed by atoms with E-state index in [-0.39, 0.29) is 6.10 Å². The van der Waals surface area contributed by atoms with Crippen molar-refractivity contribution in [3.05, 3.63) is 24.2 Å². The van der Waals surface area contributed by atoms with Crippen LogP contribution in [0.3, 0.4) is 0 Å². The van der Waals surface area contributed by atoms with Gasteiger partial charge in [-0.15, -0.1) is 0 Å². The third-order valence-corrected chi connectivity index (χ3v) is 1.71. The van der Waals surface area contributed by atoms with Gasteiger partial charge in [-0.25, -0.2) is 0 Å². The highest BCUT2D eigenvalue weighted by atomic mass is 16.5. The molecule has 1 aromatic rings. The van der Waals surface area contributed by atoms with E-state index < -0.39 is 0 Å². The smallest absolute Gasteiger partial charge is 0.117 e. The zero-order chi connectivity index (χ0) is 8.81. The number of methoxy groups -OCH3 is 1. The molecule has 0 fully saturated rings. The maximum atomic E-state index is 5.15. The summed E-state index contributed by atoms with van der Waals surface area (Å²) in [5, 5.41) is 3.22. The van der Waals surface area contributed by atoms with Crippen molar-refractivity contribution in [2.75, 3.05) is 13.7 Å². The zero-order valence-corrected chi connectivity index (χ0v) is 7.54. The van der Waals surface area contributed by atoms with Crippen molar-refractivity contribution >= 4 is 0 Å². The Morgan fingerprint density at radius 2 is 2.50 bits per heavy atom. The Hall–Kier alpha value is -0.800. The lowest BCUT2D eigenvalue weighted by atomic mass is 10.4. The molecule has 0 amide bonds. The fourth-order valence-corrected chi connectivity index (χ4v) is 0.895. The molecule has 0 aliphatic heterocycles. The van der Waals surface area contributed by atoms with Crippen LogP contribution in [0.15, 0.2) is 22.8 Å². The van der Waals surface area contributed by atoms with Gasteiger partial charge in [0.2, 0.25) is 0 Å². The van der Waals surface area contributed by atoms with Gasteiger partial charge in [-0.1, -0.05) is 0 Å². The van der Waals surface area contributed by atoms with E-state index >= 15 is 0 Å². The predicted octanol–water partition coefficient (Wildman–Crippen LogP) is 1.40. The second-order valence-electron chi connectivity index (χ2n) is 2.76. The van der Waals surface area contributed by atoms with Gasteiger partial charge in [0.25, 0.3) is 0 Å². The van der Waals surface area contributed by atoms with E-state index in [0.717, 1.165) is 18.8 Å². The van der Waals surface area contributed by atoms with Crippen LogP contribution in [0.1, 0.15) is 12.7 Å². The van der Waals surface area contributed by atoms with Crippen molar-refractivity contribution in [1.82, 2.24) is 5.32 Å². The Bertz CT molecular complexity index is 196. The maximum Gasteiger partial charge on any atom is 0.117 e. The van der Waals surface area contributed by atoms with Crippen molar-refractivity contribution in [3.8, 4) is 0 Å². The Morgan fingerprint density at radius 3 is 3.08 bits per heavy atom. The van der Waals surface area contributed by atoms with Gasteiger partial charge < -0.3 is 14.5 Å². The molecule has 1 atom stereocenters. The summed E-state index contributed by atoms with van der Waals surface area (Å²) in [5.41, 5.74) is 0. The molecule has 3 nitrogen and oxygen atoms in total. The number of rotatable bonds is 5. The largest absolute Gasteiger partial charge is 0.468 e. The fraction of sp³-hybridized carbons (Fsp3) is 0.556. The lowest BCUT2D eigenvalue weighted by Crippen LogP contribution is -2.25. The van der Waals surface area contributed by atoms with Gasteiger partial charge >= 0.3 is 0 Å². The molecule has 0 radical (unpaired) electrons. The summed E-state index contributed by atoms with van der Waals surface area (Å²) < 4.78 is 10.2. The lowest BCUT2D eigenvalue weighted by Gasteiger charge is -2.08. The number of hydrogen-bond donors (Lipinski definition) is 1. The lowest BCUT2D eigenvalue weighted by molar-refractivity contribution is 0.116. The van der Waals surface area contributed by atoms with Crippen LogP contribution in [-0.4, -0.2) is 19.8 Å². The van der Waals surface area contributed by atoms with Crippen LogP contribution in [0, 0.1) is 0 Å². The van der Waals surface area contributed by atoms with Gasteiger partial charge in [0.15, 0.2) is 0 Å². The molecule has 12 heavy (non-hydrogen) atoms. The first-order valence-corrected chi connectivity index (χ1v) is 4.09. The summed E-state index contributed by atoms with van der Waals surface area (Å²) in [4.78, 5) is 0. The highest BCUT2D eigenvalue weighted by molar-refractivity contribution is 4.97. The Morgan fingerprint density at radius 1 is 1.67 bits per heavy atom. The molecule has 1 unspecified atom stereocenters. The molecular weight excluding hydrogens is 154 g/mol. The van der Waals surface area contributed by atoms with Gasteiger partial charge in [0.1, 0.15) is 5.76 Å². The quantitative estimate of drug-likeness (QED) is 0.723. The second-order valence-corrected chi connectivity index (χ2v) is 2.76. The second kappa shape index (κ2) is 4.95. The number of ether oxygens (including phenoxy) is 1. The van der Waals surface area contributed by atoms with Crippen LogP contribution >= 0.6 is 0 Å². The fourth-order valence-electron chi connectivity index (χ4n) is 0.895. The summed E-state index contributed by atoms with van der Waals surface area (Å²) in [6, 6.07) is 3.83. The van der Waals surface area contributed by atoms with Crippen LogP contribution in [0.5, 0.6) is 0 Å². The first kappa shape index (κ1) is 9.29. The SMILES string of the molecule is COC(C)CNCc1ccco1. The zero-order valence-electron chi connectivity index (χ0n) is 7.54. The van der Waals surface area contributed by atoms with Crippen molar-refractivity contribution in [2.45, 2.75) is 19.6 Å². The van der Waals surface area contributed by atoms with Crippen LogP contribution in [0.25, 0.3) is 0 Å². The van der Waals surface area contributed by atoms with Gasteiger partial charge in [-0.2, -0.15) is 0 Å². The topological polar surface area (TPSA) is 34.4 Å². The van der Waals surface area contributed by atoms with Gasteiger partial charge in [0, 0.05) is 13.7 Å². The molecule has 68 valence electrons. The Kier molecular flexibility index (Phi) is 3.84. The average Bonchev–Trinajstić information content (AvgIpc) is 2.57. The summed E-state index contributed by atoms with van der Waals surface area (Å²) in [5.74, 6) is 0.957. The molecule has 1 rings (SSSR count). The van der Waals surface area contributed by atoms with E-state index in [1.165, 1.54) is 0 Å². The van der Waals surface area contributed by atoms with Crippen molar-refractivity contribution < 1.29 is 9.15 Å². The summed E-state index contributed by atoms with van der Waals surface area (Å²) in [6.07, 6.45) is 1.93. The minimum atomic E-state index is 0.250. The predicted molar refractivity (Wildman–Crippen MR) is 46.9 cm³/mol. The Balaban J connectivity index is 2.11. The van der Waals surface area contributed by atoms with E-state index in [2.05, 4.69) is 5.32 Å². The molecule has 0 aliphatic rings. The van der Waals surface area contributed by atoms with E-state index in [1.807, 2.05) is 19.1 Å². The average molecular weight is 169 g/mol. The van der Waals surface area contributed by atoms with E-state index in [0.29, 0.717) is 0 Å². The van der Waals surface area contributed by atoms with Crippen molar-refractivity contribution in [3.63, 3.8) is 0 Å². The van der Waals surface area contributed by atoms with Crippen LogP contribution in [-0.2, 0) is 11.3 Å². The van der Waals surface area contributed by atoms with E-state index in [4.69, 9.17) is 9.15 Å². The minimum absolute atomic E-state index is 0.250. The van der Waals surface area contributed by atoms with E-state index in [1.54, 1.807) is 13.4 Å². The normalized spacial score (nSPS) is 13.2. The third kappa shape index (κ3) is 3.07. The van der Waals surface area contributed by atoms with Gasteiger partial charge in [-0.05, 0) is 19.1 Å². The first-order valence-electron chi connectivity index (χ1n) is 4.09.